The van der Waals surface area contributed by atoms with E-state index in [1.165, 1.54) is 11.3 Å². The molecule has 0 fully saturated rings. The van der Waals surface area contributed by atoms with Crippen molar-refractivity contribution in [2.24, 2.45) is 0 Å². The van der Waals surface area contributed by atoms with Gasteiger partial charge in [-0.25, -0.2) is 4.98 Å². The first kappa shape index (κ1) is 12.2. The minimum absolute atomic E-state index is 0.0442. The van der Waals surface area contributed by atoms with E-state index in [0.29, 0.717) is 5.13 Å². The topological polar surface area (TPSA) is 68.0 Å². The van der Waals surface area contributed by atoms with Crippen LogP contribution >= 0.6 is 11.3 Å². The number of amides is 1. The molecule has 1 aromatic carbocycles. The first-order chi connectivity index (χ1) is 8.97. The molecular weight excluding hydrogens is 258 g/mol. The molecular formula is C14H15N3OS. The maximum atomic E-state index is 11.9. The van der Waals surface area contributed by atoms with Crippen molar-refractivity contribution in [1.82, 2.24) is 4.98 Å². The van der Waals surface area contributed by atoms with E-state index < -0.39 is 0 Å². The summed E-state index contributed by atoms with van der Waals surface area (Å²) in [5.74, 6) is -0.0624. The van der Waals surface area contributed by atoms with Gasteiger partial charge in [0.25, 0.3) is 0 Å². The number of aromatic nitrogens is 1. The van der Waals surface area contributed by atoms with E-state index in [0.717, 1.165) is 32.9 Å². The zero-order chi connectivity index (χ0) is 13.7. The van der Waals surface area contributed by atoms with Crippen LogP contribution in [0.1, 0.15) is 28.8 Å². The van der Waals surface area contributed by atoms with Crippen LogP contribution in [0.25, 0.3) is 11.3 Å². The van der Waals surface area contributed by atoms with Crippen molar-refractivity contribution in [2.75, 3.05) is 11.1 Å². The van der Waals surface area contributed by atoms with Crippen LogP contribution in [0.2, 0.25) is 0 Å². The number of nitrogens with one attached hydrogen (secondary N) is 1. The Hall–Kier alpha value is -1.88. The number of nitrogens with two attached hydrogens (primary N) is 1. The number of anilines is 2. The van der Waals surface area contributed by atoms with Gasteiger partial charge in [-0.15, -0.1) is 11.3 Å². The van der Waals surface area contributed by atoms with Gasteiger partial charge in [0.05, 0.1) is 17.3 Å². The van der Waals surface area contributed by atoms with E-state index in [4.69, 9.17) is 5.73 Å². The smallest absolute Gasteiger partial charge is 0.231 e. The lowest BCUT2D eigenvalue weighted by Gasteiger charge is -2.09. The second kappa shape index (κ2) is 4.06. The summed E-state index contributed by atoms with van der Waals surface area (Å²) in [6.07, 6.45) is 0. The third kappa shape index (κ3) is 1.81. The van der Waals surface area contributed by atoms with Gasteiger partial charge in [-0.05, 0) is 32.4 Å². The number of hydrogen-bond donors (Lipinski definition) is 2. The van der Waals surface area contributed by atoms with Crippen LogP contribution in [0.5, 0.6) is 0 Å². The highest BCUT2D eigenvalue weighted by molar-refractivity contribution is 7.15. The fourth-order valence-electron chi connectivity index (χ4n) is 2.52. The van der Waals surface area contributed by atoms with Gasteiger partial charge in [0.2, 0.25) is 5.91 Å². The Labute approximate surface area is 115 Å². The molecule has 0 spiro atoms. The summed E-state index contributed by atoms with van der Waals surface area (Å²) in [4.78, 5) is 17.3. The summed E-state index contributed by atoms with van der Waals surface area (Å²) in [5.41, 5.74) is 10.7. The molecule has 3 rings (SSSR count). The molecule has 1 atom stereocenters. The quantitative estimate of drug-likeness (QED) is 0.839. The molecule has 0 radical (unpaired) electrons. The van der Waals surface area contributed by atoms with Crippen LogP contribution < -0.4 is 11.1 Å². The standard InChI is InChI=1S/C14H15N3OS/c1-6-4-9-7(2)13(18)16-12(9)10(5-6)11-8(3)19-14(15)17-11/h4-5,7H,1-3H3,(H2,15,17)(H,16,18). The van der Waals surface area contributed by atoms with Crippen LogP contribution in [0.15, 0.2) is 12.1 Å². The maximum absolute atomic E-state index is 11.9. The average Bonchev–Trinajstić information content (AvgIpc) is 2.81. The fraction of sp³-hybridized carbons (Fsp3) is 0.286. The number of carbonyl (C=O) groups is 1. The Bertz CT molecular complexity index is 690. The van der Waals surface area contributed by atoms with Crippen molar-refractivity contribution in [1.29, 1.82) is 0 Å². The normalized spacial score (nSPS) is 17.4. The lowest BCUT2D eigenvalue weighted by molar-refractivity contribution is -0.116. The number of nitrogen functional groups attached to an aromatic ring is 1. The van der Waals surface area contributed by atoms with E-state index in [-0.39, 0.29) is 11.8 Å². The highest BCUT2D eigenvalue weighted by Crippen LogP contribution is 2.42. The van der Waals surface area contributed by atoms with Gasteiger partial charge < -0.3 is 11.1 Å². The molecule has 1 aromatic heterocycles. The Morgan fingerprint density at radius 2 is 2.11 bits per heavy atom. The van der Waals surface area contributed by atoms with Crippen LogP contribution in [0, 0.1) is 13.8 Å². The van der Waals surface area contributed by atoms with Crippen molar-refractivity contribution in [3.63, 3.8) is 0 Å². The van der Waals surface area contributed by atoms with Gasteiger partial charge in [-0.1, -0.05) is 11.6 Å². The van der Waals surface area contributed by atoms with E-state index >= 15 is 0 Å². The first-order valence-corrected chi connectivity index (χ1v) is 6.97. The summed E-state index contributed by atoms with van der Waals surface area (Å²) < 4.78 is 0. The molecule has 1 amide bonds. The Morgan fingerprint density at radius 1 is 1.37 bits per heavy atom. The zero-order valence-electron chi connectivity index (χ0n) is 11.1. The van der Waals surface area contributed by atoms with E-state index in [1.54, 1.807) is 0 Å². The average molecular weight is 273 g/mol. The predicted molar refractivity (Wildman–Crippen MR) is 78.5 cm³/mol. The van der Waals surface area contributed by atoms with Gasteiger partial charge in [-0.2, -0.15) is 0 Å². The SMILES string of the molecule is Cc1cc(-c2nc(N)sc2C)c2c(c1)C(C)C(=O)N2. The Kier molecular flexibility index (Phi) is 2.60. The second-order valence-corrected chi connectivity index (χ2v) is 6.18. The van der Waals surface area contributed by atoms with Crippen LogP contribution in [-0.4, -0.2) is 10.9 Å². The molecule has 2 aromatic rings. The molecule has 4 nitrogen and oxygen atoms in total. The van der Waals surface area contributed by atoms with Gasteiger partial charge in [-0.3, -0.25) is 4.79 Å². The molecule has 0 bridgehead atoms. The zero-order valence-corrected chi connectivity index (χ0v) is 11.9. The van der Waals surface area contributed by atoms with Crippen LogP contribution in [-0.2, 0) is 4.79 Å². The highest BCUT2D eigenvalue weighted by Gasteiger charge is 2.30. The van der Waals surface area contributed by atoms with Crippen molar-refractivity contribution < 1.29 is 4.79 Å². The van der Waals surface area contributed by atoms with Crippen LogP contribution in [0.4, 0.5) is 10.8 Å². The predicted octanol–water partition coefficient (Wildman–Crippen LogP) is 3.06. The number of hydrogen-bond acceptors (Lipinski definition) is 4. The molecule has 0 aliphatic carbocycles. The maximum Gasteiger partial charge on any atom is 0.231 e. The lowest BCUT2D eigenvalue weighted by atomic mass is 9.96. The third-order valence-corrected chi connectivity index (χ3v) is 4.29. The molecule has 0 saturated heterocycles. The molecule has 2 heterocycles. The van der Waals surface area contributed by atoms with E-state index in [2.05, 4.69) is 22.4 Å². The fourth-order valence-corrected chi connectivity index (χ4v) is 3.22. The largest absolute Gasteiger partial charge is 0.375 e. The summed E-state index contributed by atoms with van der Waals surface area (Å²) in [5, 5.41) is 3.52. The monoisotopic (exact) mass is 273 g/mol. The molecule has 98 valence electrons. The Balaban J connectivity index is 2.26. The first-order valence-electron chi connectivity index (χ1n) is 6.16. The number of fused-ring (bicyclic) bond motifs is 1. The number of rotatable bonds is 1. The molecule has 0 saturated carbocycles. The number of benzene rings is 1. The van der Waals surface area contributed by atoms with Crippen molar-refractivity contribution in [3.8, 4) is 11.3 Å². The minimum atomic E-state index is -0.107. The third-order valence-electron chi connectivity index (χ3n) is 3.49. The summed E-state index contributed by atoms with van der Waals surface area (Å²) in [7, 11) is 0. The number of thiazole rings is 1. The Morgan fingerprint density at radius 3 is 2.74 bits per heavy atom. The van der Waals surface area contributed by atoms with E-state index in [9.17, 15) is 4.79 Å². The summed E-state index contributed by atoms with van der Waals surface area (Å²) >= 11 is 1.47. The molecule has 1 aliphatic heterocycles. The van der Waals surface area contributed by atoms with Gasteiger partial charge >= 0.3 is 0 Å². The van der Waals surface area contributed by atoms with Crippen molar-refractivity contribution in [2.45, 2.75) is 26.7 Å². The van der Waals surface area contributed by atoms with Gasteiger partial charge in [0.15, 0.2) is 5.13 Å². The number of aryl methyl sites for hydroxylation is 2. The molecule has 3 N–H and O–H groups in total. The molecule has 5 heteroatoms. The van der Waals surface area contributed by atoms with Gasteiger partial charge in [0, 0.05) is 10.4 Å². The molecule has 1 unspecified atom stereocenters. The molecule has 19 heavy (non-hydrogen) atoms. The minimum Gasteiger partial charge on any atom is -0.375 e. The highest BCUT2D eigenvalue weighted by atomic mass is 32.1. The summed E-state index contributed by atoms with van der Waals surface area (Å²) in [6, 6.07) is 4.12. The number of nitrogens with zero attached hydrogens (tertiary/aromatic N) is 1. The van der Waals surface area contributed by atoms with Crippen molar-refractivity contribution >= 4 is 28.1 Å². The molecule has 1 aliphatic rings. The second-order valence-electron chi connectivity index (χ2n) is 4.94. The van der Waals surface area contributed by atoms with E-state index in [1.807, 2.05) is 20.8 Å². The number of carbonyl (C=O) groups excluding carboxylic acids is 1. The van der Waals surface area contributed by atoms with Crippen molar-refractivity contribution in [3.05, 3.63) is 28.1 Å². The summed E-state index contributed by atoms with van der Waals surface area (Å²) in [6.45, 7) is 5.95. The van der Waals surface area contributed by atoms with Gasteiger partial charge in [0.1, 0.15) is 0 Å². The lowest BCUT2D eigenvalue weighted by Crippen LogP contribution is -2.08. The van der Waals surface area contributed by atoms with Crippen LogP contribution in [0.3, 0.4) is 0 Å².